The van der Waals surface area contributed by atoms with E-state index < -0.39 is 0 Å². The molecule has 0 radical (unpaired) electrons. The van der Waals surface area contributed by atoms with Crippen LogP contribution >= 0.6 is 0 Å². The molecule has 0 amide bonds. The van der Waals surface area contributed by atoms with E-state index in [9.17, 15) is 0 Å². The van der Waals surface area contributed by atoms with Gasteiger partial charge in [-0.1, -0.05) is 26.0 Å². The number of hydrogen-bond donors (Lipinski definition) is 1. The minimum absolute atomic E-state index is 0.586. The van der Waals surface area contributed by atoms with E-state index in [1.165, 1.54) is 38.8 Å². The number of nitrogens with two attached hydrogens (primary N) is 1. The normalized spacial score (nSPS) is 15.9. The van der Waals surface area contributed by atoms with Gasteiger partial charge in [-0.05, 0) is 57.5 Å². The van der Waals surface area contributed by atoms with Crippen LogP contribution in [0, 0.1) is 0 Å². The highest BCUT2D eigenvalue weighted by molar-refractivity contribution is 5.89. The van der Waals surface area contributed by atoms with E-state index in [0.717, 1.165) is 42.1 Å². The molecule has 0 aliphatic carbocycles. The molecule has 3 rings (SSSR count). The number of piperidine rings is 1. The minimum atomic E-state index is 0.586. The Morgan fingerprint density at radius 2 is 1.77 bits per heavy atom. The molecule has 0 spiro atoms. The van der Waals surface area contributed by atoms with Gasteiger partial charge in [0.15, 0.2) is 0 Å². The van der Waals surface area contributed by atoms with Gasteiger partial charge in [0.2, 0.25) is 0 Å². The molecule has 0 bridgehead atoms. The second-order valence-corrected chi connectivity index (χ2v) is 7.27. The Kier molecular flexibility index (Phi) is 6.80. The molecular weight excluding hydrogens is 322 g/mol. The van der Waals surface area contributed by atoms with Crippen molar-refractivity contribution >= 4 is 16.7 Å². The maximum absolute atomic E-state index is 5.74. The Hall–Kier alpha value is -1.72. The number of benzene rings is 1. The lowest BCUT2D eigenvalue weighted by atomic mass is 10.0. The summed E-state index contributed by atoms with van der Waals surface area (Å²) in [6, 6.07) is 9.06. The van der Waals surface area contributed by atoms with Crippen molar-refractivity contribution in [3.8, 4) is 0 Å². The standard InChI is InChI=1S/C21H33N5/c1-3-13-25(14-4-2)17-10-15-26(16-11-17)21-18-7-5-6-8-19(18)23-20(24-21)9-12-22/h5-8,17H,3-4,9-16,22H2,1-2H3. The molecule has 2 N–H and O–H groups in total. The van der Waals surface area contributed by atoms with Crippen molar-refractivity contribution in [2.75, 3.05) is 37.6 Å². The van der Waals surface area contributed by atoms with E-state index >= 15 is 0 Å². The summed E-state index contributed by atoms with van der Waals surface area (Å²) in [4.78, 5) is 14.7. The number of rotatable bonds is 8. The lowest BCUT2D eigenvalue weighted by Gasteiger charge is -2.39. The molecule has 0 saturated carbocycles. The first kappa shape index (κ1) is 19.1. The van der Waals surface area contributed by atoms with E-state index in [-0.39, 0.29) is 0 Å². The molecule has 1 aromatic carbocycles. The van der Waals surface area contributed by atoms with Gasteiger partial charge in [-0.25, -0.2) is 9.97 Å². The van der Waals surface area contributed by atoms with Crippen molar-refractivity contribution < 1.29 is 0 Å². The summed E-state index contributed by atoms with van der Waals surface area (Å²) < 4.78 is 0. The predicted molar refractivity (Wildman–Crippen MR) is 110 cm³/mol. The van der Waals surface area contributed by atoms with Crippen molar-refractivity contribution in [3.63, 3.8) is 0 Å². The monoisotopic (exact) mass is 355 g/mol. The van der Waals surface area contributed by atoms with Gasteiger partial charge in [-0.2, -0.15) is 0 Å². The zero-order valence-electron chi connectivity index (χ0n) is 16.3. The average molecular weight is 356 g/mol. The van der Waals surface area contributed by atoms with Crippen LogP contribution in [0.3, 0.4) is 0 Å². The quantitative estimate of drug-likeness (QED) is 0.788. The first-order valence-corrected chi connectivity index (χ1v) is 10.2. The summed E-state index contributed by atoms with van der Waals surface area (Å²) in [6.07, 6.45) is 5.63. The van der Waals surface area contributed by atoms with Crippen LogP contribution in [-0.2, 0) is 6.42 Å². The highest BCUT2D eigenvalue weighted by Crippen LogP contribution is 2.28. The van der Waals surface area contributed by atoms with Gasteiger partial charge < -0.3 is 15.5 Å². The molecule has 1 fully saturated rings. The molecule has 1 saturated heterocycles. The summed E-state index contributed by atoms with van der Waals surface area (Å²) in [5, 5.41) is 1.16. The van der Waals surface area contributed by atoms with Crippen LogP contribution in [0.25, 0.3) is 10.9 Å². The molecule has 2 heterocycles. The van der Waals surface area contributed by atoms with Crippen molar-refractivity contribution in [3.05, 3.63) is 30.1 Å². The van der Waals surface area contributed by atoms with E-state index in [1.54, 1.807) is 0 Å². The second kappa shape index (κ2) is 9.28. The van der Waals surface area contributed by atoms with Gasteiger partial charge in [0.1, 0.15) is 11.6 Å². The van der Waals surface area contributed by atoms with Gasteiger partial charge in [-0.3, -0.25) is 0 Å². The summed E-state index contributed by atoms with van der Waals surface area (Å²) >= 11 is 0. The average Bonchev–Trinajstić information content (AvgIpc) is 2.68. The molecule has 5 heteroatoms. The van der Waals surface area contributed by atoms with Crippen LogP contribution in [0.15, 0.2) is 24.3 Å². The lowest BCUT2D eigenvalue weighted by Crippen LogP contribution is -2.45. The molecule has 0 atom stereocenters. The first-order valence-electron chi connectivity index (χ1n) is 10.2. The molecule has 1 aliphatic heterocycles. The number of nitrogens with zero attached hydrogens (tertiary/aromatic N) is 4. The maximum Gasteiger partial charge on any atom is 0.140 e. The Balaban J connectivity index is 1.78. The van der Waals surface area contributed by atoms with E-state index in [0.29, 0.717) is 12.6 Å². The van der Waals surface area contributed by atoms with Crippen LogP contribution in [0.4, 0.5) is 5.82 Å². The summed E-state index contributed by atoms with van der Waals surface area (Å²) in [7, 11) is 0. The fourth-order valence-corrected chi connectivity index (χ4v) is 4.08. The van der Waals surface area contributed by atoms with E-state index in [4.69, 9.17) is 10.7 Å². The number of anilines is 1. The second-order valence-electron chi connectivity index (χ2n) is 7.27. The summed E-state index contributed by atoms with van der Waals surface area (Å²) in [6.45, 7) is 9.72. The van der Waals surface area contributed by atoms with Gasteiger partial charge in [0, 0.05) is 30.9 Å². The molecule has 142 valence electrons. The topological polar surface area (TPSA) is 58.3 Å². The molecule has 26 heavy (non-hydrogen) atoms. The fourth-order valence-electron chi connectivity index (χ4n) is 4.08. The molecule has 0 unspecified atom stereocenters. The zero-order chi connectivity index (χ0) is 18.4. The maximum atomic E-state index is 5.74. The van der Waals surface area contributed by atoms with Crippen LogP contribution in [0.5, 0.6) is 0 Å². The largest absolute Gasteiger partial charge is 0.356 e. The van der Waals surface area contributed by atoms with Crippen LogP contribution in [0.1, 0.15) is 45.4 Å². The van der Waals surface area contributed by atoms with Gasteiger partial charge >= 0.3 is 0 Å². The number of hydrogen-bond acceptors (Lipinski definition) is 5. The van der Waals surface area contributed by atoms with Crippen molar-refractivity contribution in [1.29, 1.82) is 0 Å². The predicted octanol–water partition coefficient (Wildman–Crippen LogP) is 3.22. The first-order chi connectivity index (χ1) is 12.8. The van der Waals surface area contributed by atoms with Crippen molar-refractivity contribution in [2.45, 2.75) is 52.0 Å². The lowest BCUT2D eigenvalue weighted by molar-refractivity contribution is 0.169. The molecular formula is C21H33N5. The molecule has 1 aromatic heterocycles. The fraction of sp³-hybridized carbons (Fsp3) is 0.619. The van der Waals surface area contributed by atoms with Crippen LogP contribution < -0.4 is 10.6 Å². The molecule has 5 nitrogen and oxygen atoms in total. The smallest absolute Gasteiger partial charge is 0.140 e. The van der Waals surface area contributed by atoms with Gasteiger partial charge in [-0.15, -0.1) is 0 Å². The van der Waals surface area contributed by atoms with Crippen molar-refractivity contribution in [2.24, 2.45) is 5.73 Å². The Morgan fingerprint density at radius 1 is 1.08 bits per heavy atom. The SMILES string of the molecule is CCCN(CCC)C1CCN(c2nc(CCN)nc3ccccc23)CC1. The highest BCUT2D eigenvalue weighted by atomic mass is 15.2. The van der Waals surface area contributed by atoms with Crippen LogP contribution in [0.2, 0.25) is 0 Å². The number of aromatic nitrogens is 2. The Bertz CT molecular complexity index is 688. The van der Waals surface area contributed by atoms with E-state index in [2.05, 4.69) is 46.8 Å². The molecule has 2 aromatic rings. The summed E-state index contributed by atoms with van der Waals surface area (Å²) in [5.74, 6) is 1.96. The highest BCUT2D eigenvalue weighted by Gasteiger charge is 2.25. The van der Waals surface area contributed by atoms with Crippen LogP contribution in [-0.4, -0.2) is 53.6 Å². The summed E-state index contributed by atoms with van der Waals surface area (Å²) in [5.41, 5.74) is 6.77. The van der Waals surface area contributed by atoms with Crippen molar-refractivity contribution in [1.82, 2.24) is 14.9 Å². The minimum Gasteiger partial charge on any atom is -0.356 e. The molecule has 1 aliphatic rings. The number of para-hydroxylation sites is 1. The third-order valence-electron chi connectivity index (χ3n) is 5.30. The third-order valence-corrected chi connectivity index (χ3v) is 5.30. The Labute approximate surface area is 157 Å². The number of fused-ring (bicyclic) bond motifs is 1. The van der Waals surface area contributed by atoms with Gasteiger partial charge in [0.25, 0.3) is 0 Å². The zero-order valence-corrected chi connectivity index (χ0v) is 16.3. The Morgan fingerprint density at radius 3 is 2.42 bits per heavy atom. The van der Waals surface area contributed by atoms with E-state index in [1.807, 2.05) is 6.07 Å². The third kappa shape index (κ3) is 4.33. The van der Waals surface area contributed by atoms with Gasteiger partial charge in [0.05, 0.1) is 5.52 Å².